The van der Waals surface area contributed by atoms with Crippen molar-refractivity contribution in [2.75, 3.05) is 0 Å². The van der Waals surface area contributed by atoms with Crippen molar-refractivity contribution in [3.05, 3.63) is 54.0 Å². The SMILES string of the molecule is O=S(=O)(NCc1ccoc1)c1cccc(CO)c1. The molecule has 0 bridgehead atoms. The fraction of sp³-hybridized carbons (Fsp3) is 0.167. The maximum absolute atomic E-state index is 12.0. The molecule has 0 atom stereocenters. The van der Waals surface area contributed by atoms with E-state index in [1.807, 2.05) is 0 Å². The number of furan rings is 1. The average molecular weight is 267 g/mol. The van der Waals surface area contributed by atoms with Crippen molar-refractivity contribution in [1.29, 1.82) is 0 Å². The Morgan fingerprint density at radius 3 is 2.72 bits per heavy atom. The van der Waals surface area contributed by atoms with Gasteiger partial charge in [0.15, 0.2) is 0 Å². The Hall–Kier alpha value is -1.63. The summed E-state index contributed by atoms with van der Waals surface area (Å²) in [5.41, 5.74) is 1.30. The van der Waals surface area contributed by atoms with E-state index in [4.69, 9.17) is 9.52 Å². The van der Waals surface area contributed by atoms with Crippen molar-refractivity contribution in [3.8, 4) is 0 Å². The minimum absolute atomic E-state index is 0.137. The van der Waals surface area contributed by atoms with E-state index in [0.717, 1.165) is 5.56 Å². The van der Waals surface area contributed by atoms with Gasteiger partial charge in [0.2, 0.25) is 10.0 Å². The van der Waals surface area contributed by atoms with Gasteiger partial charge in [0, 0.05) is 12.1 Å². The van der Waals surface area contributed by atoms with Crippen molar-refractivity contribution < 1.29 is 17.9 Å². The molecule has 1 aromatic carbocycles. The average Bonchev–Trinajstić information content (AvgIpc) is 2.90. The maximum Gasteiger partial charge on any atom is 0.240 e. The monoisotopic (exact) mass is 267 g/mol. The third-order valence-electron chi connectivity index (χ3n) is 2.44. The number of benzene rings is 1. The van der Waals surface area contributed by atoms with Gasteiger partial charge in [-0.15, -0.1) is 0 Å². The van der Waals surface area contributed by atoms with Crippen LogP contribution in [0.25, 0.3) is 0 Å². The molecule has 0 aliphatic carbocycles. The van der Waals surface area contributed by atoms with Crippen LogP contribution in [0.3, 0.4) is 0 Å². The summed E-state index contributed by atoms with van der Waals surface area (Å²) in [6.07, 6.45) is 2.96. The molecule has 5 nitrogen and oxygen atoms in total. The first-order chi connectivity index (χ1) is 8.62. The Morgan fingerprint density at radius 1 is 1.22 bits per heavy atom. The van der Waals surface area contributed by atoms with Crippen molar-refractivity contribution in [3.63, 3.8) is 0 Å². The summed E-state index contributed by atoms with van der Waals surface area (Å²) < 4.78 is 31.3. The van der Waals surface area contributed by atoms with Gasteiger partial charge in [-0.2, -0.15) is 0 Å². The summed E-state index contributed by atoms with van der Waals surface area (Å²) in [4.78, 5) is 0.137. The smallest absolute Gasteiger partial charge is 0.240 e. The lowest BCUT2D eigenvalue weighted by atomic mass is 10.2. The summed E-state index contributed by atoms with van der Waals surface area (Å²) in [6.45, 7) is -0.0206. The summed E-state index contributed by atoms with van der Waals surface area (Å²) in [5.74, 6) is 0. The summed E-state index contributed by atoms with van der Waals surface area (Å²) >= 11 is 0. The molecular formula is C12H13NO4S. The highest BCUT2D eigenvalue weighted by atomic mass is 32.2. The molecule has 0 amide bonds. The minimum Gasteiger partial charge on any atom is -0.472 e. The first-order valence-corrected chi connectivity index (χ1v) is 6.81. The Labute approximate surface area is 105 Å². The van der Waals surface area contributed by atoms with Gasteiger partial charge >= 0.3 is 0 Å². The van der Waals surface area contributed by atoms with Gasteiger partial charge in [0.05, 0.1) is 24.0 Å². The highest BCUT2D eigenvalue weighted by Gasteiger charge is 2.14. The van der Waals surface area contributed by atoms with E-state index in [2.05, 4.69) is 4.72 Å². The minimum atomic E-state index is -3.57. The van der Waals surface area contributed by atoms with Crippen molar-refractivity contribution in [2.24, 2.45) is 0 Å². The lowest BCUT2D eigenvalue weighted by Crippen LogP contribution is -2.23. The zero-order valence-corrected chi connectivity index (χ0v) is 10.4. The number of rotatable bonds is 5. The van der Waals surface area contributed by atoms with Gasteiger partial charge in [-0.1, -0.05) is 12.1 Å². The lowest BCUT2D eigenvalue weighted by Gasteiger charge is -2.06. The number of aliphatic hydroxyl groups excluding tert-OH is 1. The summed E-state index contributed by atoms with van der Waals surface area (Å²) in [7, 11) is -3.57. The normalized spacial score (nSPS) is 11.6. The predicted molar refractivity (Wildman–Crippen MR) is 65.1 cm³/mol. The Bertz CT molecular complexity index is 605. The van der Waals surface area contributed by atoms with E-state index in [0.29, 0.717) is 5.56 Å². The van der Waals surface area contributed by atoms with Crippen LogP contribution in [-0.2, 0) is 23.2 Å². The van der Waals surface area contributed by atoms with Gasteiger partial charge in [-0.25, -0.2) is 13.1 Å². The van der Waals surface area contributed by atoms with Crippen LogP contribution >= 0.6 is 0 Å². The van der Waals surface area contributed by atoms with Crippen LogP contribution in [0.15, 0.2) is 52.2 Å². The maximum atomic E-state index is 12.0. The second-order valence-corrected chi connectivity index (χ2v) is 5.53. The van der Waals surface area contributed by atoms with E-state index in [9.17, 15) is 8.42 Å². The largest absolute Gasteiger partial charge is 0.472 e. The third kappa shape index (κ3) is 2.98. The first kappa shape index (κ1) is 12.8. The number of aliphatic hydroxyl groups is 1. The van der Waals surface area contributed by atoms with Crippen LogP contribution in [0.1, 0.15) is 11.1 Å². The first-order valence-electron chi connectivity index (χ1n) is 5.32. The number of hydrogen-bond donors (Lipinski definition) is 2. The molecule has 2 rings (SSSR count). The van der Waals surface area contributed by atoms with Gasteiger partial charge in [0.1, 0.15) is 0 Å². The van der Waals surface area contributed by atoms with Crippen LogP contribution < -0.4 is 4.72 Å². The molecule has 96 valence electrons. The summed E-state index contributed by atoms with van der Waals surface area (Å²) in [5, 5.41) is 8.98. The Balaban J connectivity index is 2.14. The Morgan fingerprint density at radius 2 is 2.06 bits per heavy atom. The molecule has 0 aliphatic rings. The van der Waals surface area contributed by atoms with Crippen LogP contribution in [0.4, 0.5) is 0 Å². The van der Waals surface area contributed by atoms with E-state index >= 15 is 0 Å². The topological polar surface area (TPSA) is 79.5 Å². The van der Waals surface area contributed by atoms with Crippen LogP contribution in [0.2, 0.25) is 0 Å². The lowest BCUT2D eigenvalue weighted by molar-refractivity contribution is 0.281. The zero-order chi connectivity index (χ0) is 13.0. The van der Waals surface area contributed by atoms with E-state index in [1.165, 1.54) is 24.7 Å². The predicted octanol–water partition coefficient (Wildman–Crippen LogP) is 1.25. The molecule has 2 N–H and O–H groups in total. The van der Waals surface area contributed by atoms with E-state index in [-0.39, 0.29) is 18.0 Å². The van der Waals surface area contributed by atoms with Crippen LogP contribution in [-0.4, -0.2) is 13.5 Å². The Kier molecular flexibility index (Phi) is 3.81. The molecule has 0 unspecified atom stereocenters. The quantitative estimate of drug-likeness (QED) is 0.854. The highest BCUT2D eigenvalue weighted by molar-refractivity contribution is 7.89. The number of nitrogens with one attached hydrogen (secondary N) is 1. The van der Waals surface area contributed by atoms with Crippen LogP contribution in [0.5, 0.6) is 0 Å². The molecule has 2 aromatic rings. The molecule has 1 heterocycles. The van der Waals surface area contributed by atoms with Gasteiger partial charge < -0.3 is 9.52 Å². The van der Waals surface area contributed by atoms with E-state index < -0.39 is 10.0 Å². The van der Waals surface area contributed by atoms with Crippen molar-refractivity contribution in [2.45, 2.75) is 18.0 Å². The molecule has 0 aliphatic heterocycles. The number of sulfonamides is 1. The molecule has 0 spiro atoms. The fourth-order valence-corrected chi connectivity index (χ4v) is 2.55. The molecule has 6 heteroatoms. The molecule has 18 heavy (non-hydrogen) atoms. The number of hydrogen-bond acceptors (Lipinski definition) is 4. The van der Waals surface area contributed by atoms with Crippen molar-refractivity contribution >= 4 is 10.0 Å². The fourth-order valence-electron chi connectivity index (χ4n) is 1.47. The molecule has 1 aromatic heterocycles. The second kappa shape index (κ2) is 5.34. The second-order valence-electron chi connectivity index (χ2n) is 3.76. The van der Waals surface area contributed by atoms with Gasteiger partial charge in [-0.3, -0.25) is 0 Å². The molecule has 0 radical (unpaired) electrons. The molecule has 0 fully saturated rings. The van der Waals surface area contributed by atoms with E-state index in [1.54, 1.807) is 18.2 Å². The highest BCUT2D eigenvalue weighted by Crippen LogP contribution is 2.12. The zero-order valence-electron chi connectivity index (χ0n) is 9.54. The molecule has 0 saturated heterocycles. The van der Waals surface area contributed by atoms with Gasteiger partial charge in [-0.05, 0) is 23.8 Å². The summed E-state index contributed by atoms with van der Waals surface area (Å²) in [6, 6.07) is 7.87. The third-order valence-corrected chi connectivity index (χ3v) is 3.84. The van der Waals surface area contributed by atoms with Crippen LogP contribution in [0, 0.1) is 0 Å². The standard InChI is InChI=1S/C12H13NO4S/c14-8-10-2-1-3-12(6-10)18(15,16)13-7-11-4-5-17-9-11/h1-6,9,13-14H,7-8H2. The molecule has 0 saturated carbocycles. The van der Waals surface area contributed by atoms with Crippen molar-refractivity contribution in [1.82, 2.24) is 4.72 Å². The molecular weight excluding hydrogens is 254 g/mol. The van der Waals surface area contributed by atoms with Gasteiger partial charge in [0.25, 0.3) is 0 Å².